The van der Waals surface area contributed by atoms with E-state index < -0.39 is 23.9 Å². The Morgan fingerprint density at radius 2 is 1.26 bits per heavy atom. The molecular formula is C11H14O8. The largest absolute Gasteiger partial charge is 0.478 e. The van der Waals surface area contributed by atoms with Crippen LogP contribution in [0.15, 0.2) is 23.8 Å². The van der Waals surface area contributed by atoms with Gasteiger partial charge in [0.15, 0.2) is 0 Å². The van der Waals surface area contributed by atoms with Crippen molar-refractivity contribution in [2.75, 3.05) is 0 Å². The highest BCUT2D eigenvalue weighted by Crippen LogP contribution is 2.03. The minimum atomic E-state index is -1.26. The molecule has 8 heteroatoms. The Balaban J connectivity index is 0. The van der Waals surface area contributed by atoms with Crippen LogP contribution in [0.5, 0.6) is 0 Å². The summed E-state index contributed by atoms with van der Waals surface area (Å²) >= 11 is 0. The third-order valence-electron chi connectivity index (χ3n) is 1.46. The SMILES string of the molecule is CCC/C(=C\C(=O)O)C(=O)O.O=C(O)/C=C/C(=O)O. The molecule has 0 saturated carbocycles. The van der Waals surface area contributed by atoms with E-state index >= 15 is 0 Å². The molecule has 106 valence electrons. The minimum absolute atomic E-state index is 0.0556. The zero-order valence-corrected chi connectivity index (χ0v) is 10.1. The first kappa shape index (κ1) is 18.7. The molecule has 0 bridgehead atoms. The fraction of sp³-hybridized carbons (Fsp3) is 0.273. The molecule has 0 unspecified atom stereocenters. The van der Waals surface area contributed by atoms with Crippen LogP contribution in [0.1, 0.15) is 19.8 Å². The molecule has 0 aromatic heterocycles. The van der Waals surface area contributed by atoms with Gasteiger partial charge >= 0.3 is 23.9 Å². The Hall–Kier alpha value is -2.64. The van der Waals surface area contributed by atoms with Gasteiger partial charge < -0.3 is 20.4 Å². The number of carboxylic acid groups (broad SMARTS) is 4. The van der Waals surface area contributed by atoms with Crippen molar-refractivity contribution in [3.63, 3.8) is 0 Å². The summed E-state index contributed by atoms with van der Waals surface area (Å²) in [5.41, 5.74) is -0.0556. The maximum atomic E-state index is 10.3. The molecule has 0 radical (unpaired) electrons. The van der Waals surface area contributed by atoms with Gasteiger partial charge in [0.2, 0.25) is 0 Å². The zero-order chi connectivity index (χ0) is 15.4. The van der Waals surface area contributed by atoms with Gasteiger partial charge in [-0.1, -0.05) is 13.3 Å². The highest BCUT2D eigenvalue weighted by molar-refractivity contribution is 5.94. The van der Waals surface area contributed by atoms with Gasteiger partial charge in [-0.05, 0) is 6.42 Å². The molecule has 0 rings (SSSR count). The van der Waals surface area contributed by atoms with E-state index in [0.29, 0.717) is 25.0 Å². The van der Waals surface area contributed by atoms with Crippen LogP contribution >= 0.6 is 0 Å². The Morgan fingerprint density at radius 1 is 0.842 bits per heavy atom. The van der Waals surface area contributed by atoms with Gasteiger partial charge in [-0.2, -0.15) is 0 Å². The van der Waals surface area contributed by atoms with Crippen LogP contribution in [0.25, 0.3) is 0 Å². The number of carboxylic acids is 4. The van der Waals surface area contributed by atoms with Crippen molar-refractivity contribution in [3.05, 3.63) is 23.8 Å². The number of hydrogen-bond donors (Lipinski definition) is 4. The van der Waals surface area contributed by atoms with Gasteiger partial charge in [0.05, 0.1) is 0 Å². The average molecular weight is 274 g/mol. The number of carbonyl (C=O) groups is 4. The van der Waals surface area contributed by atoms with Crippen molar-refractivity contribution in [1.82, 2.24) is 0 Å². The predicted molar refractivity (Wildman–Crippen MR) is 62.7 cm³/mol. The van der Waals surface area contributed by atoms with E-state index in [4.69, 9.17) is 20.4 Å². The molecule has 0 fully saturated rings. The van der Waals surface area contributed by atoms with Crippen molar-refractivity contribution in [2.45, 2.75) is 19.8 Å². The molecule has 0 aromatic carbocycles. The van der Waals surface area contributed by atoms with Crippen LogP contribution < -0.4 is 0 Å². The summed E-state index contributed by atoms with van der Waals surface area (Å²) in [4.78, 5) is 39.4. The normalized spacial score (nSPS) is 10.5. The Bertz CT molecular complexity index is 389. The average Bonchev–Trinajstić information content (AvgIpc) is 2.26. The number of hydrogen-bond acceptors (Lipinski definition) is 4. The standard InChI is InChI=1S/C7H10O4.C4H4O4/c1-2-3-5(7(10)11)4-6(8)9;5-3(6)1-2-4(7)8/h4H,2-3H2,1H3,(H,8,9)(H,10,11);1-2H,(H,5,6)(H,7,8)/b5-4+;2-1+. The summed E-state index contributed by atoms with van der Waals surface area (Å²) in [6, 6.07) is 0. The van der Waals surface area contributed by atoms with E-state index in [1.807, 2.05) is 0 Å². The Morgan fingerprint density at radius 3 is 1.47 bits per heavy atom. The van der Waals surface area contributed by atoms with Gasteiger partial charge in [-0.25, -0.2) is 19.2 Å². The van der Waals surface area contributed by atoms with Crippen molar-refractivity contribution in [1.29, 1.82) is 0 Å². The van der Waals surface area contributed by atoms with Gasteiger partial charge in [0.25, 0.3) is 0 Å². The van der Waals surface area contributed by atoms with Crippen molar-refractivity contribution in [2.24, 2.45) is 0 Å². The van der Waals surface area contributed by atoms with E-state index in [2.05, 4.69) is 0 Å². The summed E-state index contributed by atoms with van der Waals surface area (Å²) in [5, 5.41) is 32.3. The molecule has 0 atom stereocenters. The molecule has 4 N–H and O–H groups in total. The molecule has 0 amide bonds. The first-order chi connectivity index (χ1) is 8.70. The predicted octanol–water partition coefficient (Wildman–Crippen LogP) is 0.594. The van der Waals surface area contributed by atoms with Gasteiger partial charge in [0.1, 0.15) is 0 Å². The van der Waals surface area contributed by atoms with Gasteiger partial charge in [0, 0.05) is 23.8 Å². The van der Waals surface area contributed by atoms with Crippen LogP contribution in [0.2, 0.25) is 0 Å². The summed E-state index contributed by atoms with van der Waals surface area (Å²) in [7, 11) is 0. The van der Waals surface area contributed by atoms with Crippen LogP contribution in [0.3, 0.4) is 0 Å². The van der Waals surface area contributed by atoms with Gasteiger partial charge in [-0.15, -0.1) is 0 Å². The quantitative estimate of drug-likeness (QED) is 0.514. The minimum Gasteiger partial charge on any atom is -0.478 e. The highest BCUT2D eigenvalue weighted by atomic mass is 16.4. The Kier molecular flexibility index (Phi) is 10.4. The lowest BCUT2D eigenvalue weighted by Crippen LogP contribution is -2.03. The number of rotatable bonds is 6. The van der Waals surface area contributed by atoms with E-state index in [0.717, 1.165) is 6.08 Å². The molecule has 0 aliphatic carbocycles. The molecule has 0 spiro atoms. The van der Waals surface area contributed by atoms with E-state index in [1.165, 1.54) is 0 Å². The van der Waals surface area contributed by atoms with Crippen LogP contribution in [0, 0.1) is 0 Å². The van der Waals surface area contributed by atoms with Crippen molar-refractivity contribution < 1.29 is 39.6 Å². The van der Waals surface area contributed by atoms with Crippen LogP contribution in [-0.2, 0) is 19.2 Å². The Labute approximate surface area is 108 Å². The van der Waals surface area contributed by atoms with E-state index in [9.17, 15) is 19.2 Å². The summed E-state index contributed by atoms with van der Waals surface area (Å²) in [6.07, 6.45) is 2.77. The maximum absolute atomic E-state index is 10.3. The first-order valence-electron chi connectivity index (χ1n) is 5.01. The molecular weight excluding hydrogens is 260 g/mol. The van der Waals surface area contributed by atoms with Crippen molar-refractivity contribution >= 4 is 23.9 Å². The lowest BCUT2D eigenvalue weighted by Gasteiger charge is -1.95. The second-order valence-corrected chi connectivity index (χ2v) is 3.07. The zero-order valence-electron chi connectivity index (χ0n) is 10.1. The van der Waals surface area contributed by atoms with Crippen molar-refractivity contribution in [3.8, 4) is 0 Å². The molecule has 19 heavy (non-hydrogen) atoms. The first-order valence-corrected chi connectivity index (χ1v) is 5.01. The monoisotopic (exact) mass is 274 g/mol. The van der Waals surface area contributed by atoms with Crippen LogP contribution in [-0.4, -0.2) is 44.3 Å². The second kappa shape index (κ2) is 10.5. The summed E-state index contributed by atoms with van der Waals surface area (Å²) in [6.45, 7) is 1.79. The fourth-order valence-corrected chi connectivity index (χ4v) is 0.802. The lowest BCUT2D eigenvalue weighted by atomic mass is 10.1. The second-order valence-electron chi connectivity index (χ2n) is 3.07. The lowest BCUT2D eigenvalue weighted by molar-refractivity contribution is -0.135. The molecule has 0 saturated heterocycles. The molecule has 0 aliphatic heterocycles. The number of aliphatic carboxylic acids is 4. The maximum Gasteiger partial charge on any atom is 0.331 e. The fourth-order valence-electron chi connectivity index (χ4n) is 0.802. The van der Waals surface area contributed by atoms with Gasteiger partial charge in [-0.3, -0.25) is 0 Å². The van der Waals surface area contributed by atoms with E-state index in [-0.39, 0.29) is 5.57 Å². The molecule has 0 heterocycles. The summed E-state index contributed by atoms with van der Waals surface area (Å²) in [5.74, 6) is -4.88. The van der Waals surface area contributed by atoms with Crippen LogP contribution in [0.4, 0.5) is 0 Å². The third kappa shape index (κ3) is 15.4. The van der Waals surface area contributed by atoms with E-state index in [1.54, 1.807) is 6.92 Å². The highest BCUT2D eigenvalue weighted by Gasteiger charge is 2.07. The summed E-state index contributed by atoms with van der Waals surface area (Å²) < 4.78 is 0. The smallest absolute Gasteiger partial charge is 0.331 e. The third-order valence-corrected chi connectivity index (χ3v) is 1.46. The molecule has 0 aliphatic rings. The molecule has 8 nitrogen and oxygen atoms in total. The molecule has 0 aromatic rings. The topological polar surface area (TPSA) is 149 Å².